The number of aryl methyl sites for hydroxylation is 2. The summed E-state index contributed by atoms with van der Waals surface area (Å²) in [6.45, 7) is 4.41. The van der Waals surface area contributed by atoms with Crippen molar-refractivity contribution >= 4 is 11.5 Å². The average Bonchev–Trinajstić information content (AvgIpc) is 2.59. The third kappa shape index (κ3) is 2.40. The Balaban J connectivity index is 2.14. The van der Waals surface area contributed by atoms with E-state index in [1.807, 2.05) is 11.7 Å². The molecular formula is C13H24N4. The summed E-state index contributed by atoms with van der Waals surface area (Å²) in [6.07, 6.45) is 6.13. The molecule has 0 aromatic carbocycles. The van der Waals surface area contributed by atoms with Gasteiger partial charge in [-0.3, -0.25) is 4.68 Å². The molecule has 96 valence electrons. The van der Waals surface area contributed by atoms with E-state index in [1.54, 1.807) is 0 Å². The van der Waals surface area contributed by atoms with Gasteiger partial charge in [-0.05, 0) is 25.2 Å². The Hall–Kier alpha value is -1.19. The summed E-state index contributed by atoms with van der Waals surface area (Å²) in [6, 6.07) is 0.547. The van der Waals surface area contributed by atoms with Crippen molar-refractivity contribution in [1.29, 1.82) is 0 Å². The largest absolute Gasteiger partial charge is 0.394 e. The molecule has 1 saturated carbocycles. The lowest BCUT2D eigenvalue weighted by Crippen LogP contribution is -2.31. The molecular weight excluding hydrogens is 212 g/mol. The van der Waals surface area contributed by atoms with E-state index in [2.05, 4.69) is 24.3 Å². The highest BCUT2D eigenvalue weighted by atomic mass is 15.3. The second-order valence-corrected chi connectivity index (χ2v) is 5.20. The van der Waals surface area contributed by atoms with Crippen molar-refractivity contribution in [1.82, 2.24) is 9.78 Å². The monoisotopic (exact) mass is 236 g/mol. The predicted octanol–water partition coefficient (Wildman–Crippen LogP) is 2.56. The summed E-state index contributed by atoms with van der Waals surface area (Å²) in [5.41, 5.74) is 7.96. The van der Waals surface area contributed by atoms with Crippen LogP contribution in [-0.4, -0.2) is 15.8 Å². The van der Waals surface area contributed by atoms with Crippen molar-refractivity contribution < 1.29 is 0 Å². The van der Waals surface area contributed by atoms with Crippen LogP contribution in [0, 0.1) is 5.92 Å². The minimum Gasteiger partial charge on any atom is -0.394 e. The van der Waals surface area contributed by atoms with Gasteiger partial charge in [0.1, 0.15) is 5.82 Å². The average molecular weight is 236 g/mol. The van der Waals surface area contributed by atoms with Gasteiger partial charge in [-0.15, -0.1) is 0 Å². The first-order valence-electron chi connectivity index (χ1n) is 6.71. The molecule has 3 N–H and O–H groups in total. The van der Waals surface area contributed by atoms with Crippen molar-refractivity contribution in [3.05, 3.63) is 5.69 Å². The minimum absolute atomic E-state index is 0.547. The van der Waals surface area contributed by atoms with Crippen molar-refractivity contribution in [2.45, 2.75) is 52.0 Å². The number of anilines is 2. The molecule has 4 heteroatoms. The molecule has 17 heavy (non-hydrogen) atoms. The summed E-state index contributed by atoms with van der Waals surface area (Å²) >= 11 is 0. The van der Waals surface area contributed by atoms with Crippen LogP contribution in [0.3, 0.4) is 0 Å². The maximum atomic E-state index is 6.13. The van der Waals surface area contributed by atoms with Gasteiger partial charge in [0.25, 0.3) is 0 Å². The summed E-state index contributed by atoms with van der Waals surface area (Å²) in [7, 11) is 1.96. The molecule has 0 amide bonds. The molecule has 2 rings (SSSR count). The van der Waals surface area contributed by atoms with Crippen LogP contribution < -0.4 is 11.1 Å². The fraction of sp³-hybridized carbons (Fsp3) is 0.769. The van der Waals surface area contributed by atoms with Crippen LogP contribution in [0.1, 0.15) is 45.2 Å². The highest BCUT2D eigenvalue weighted by Gasteiger charge is 2.23. The molecule has 0 spiro atoms. The number of hydrogen-bond donors (Lipinski definition) is 2. The summed E-state index contributed by atoms with van der Waals surface area (Å²) in [5.74, 6) is 1.73. The number of nitrogens with two attached hydrogens (primary N) is 1. The maximum absolute atomic E-state index is 6.13. The van der Waals surface area contributed by atoms with Crippen molar-refractivity contribution in [2.24, 2.45) is 13.0 Å². The molecule has 2 atom stereocenters. The van der Waals surface area contributed by atoms with Gasteiger partial charge in [0.15, 0.2) is 0 Å². The molecule has 1 fully saturated rings. The number of rotatable bonds is 3. The van der Waals surface area contributed by atoms with E-state index in [1.165, 1.54) is 25.7 Å². The van der Waals surface area contributed by atoms with Crippen LogP contribution in [-0.2, 0) is 13.5 Å². The van der Waals surface area contributed by atoms with Gasteiger partial charge in [-0.2, -0.15) is 5.10 Å². The van der Waals surface area contributed by atoms with Gasteiger partial charge in [-0.25, -0.2) is 0 Å². The van der Waals surface area contributed by atoms with Gasteiger partial charge in [0.2, 0.25) is 0 Å². The molecule has 0 bridgehead atoms. The highest BCUT2D eigenvalue weighted by Crippen LogP contribution is 2.30. The Morgan fingerprint density at radius 2 is 2.12 bits per heavy atom. The van der Waals surface area contributed by atoms with E-state index in [-0.39, 0.29) is 0 Å². The fourth-order valence-corrected chi connectivity index (χ4v) is 2.73. The molecule has 0 aliphatic heterocycles. The molecule has 0 saturated heterocycles. The zero-order valence-electron chi connectivity index (χ0n) is 11.2. The number of nitrogens with one attached hydrogen (secondary N) is 1. The van der Waals surface area contributed by atoms with E-state index in [0.717, 1.165) is 29.5 Å². The van der Waals surface area contributed by atoms with E-state index in [9.17, 15) is 0 Å². The highest BCUT2D eigenvalue weighted by molar-refractivity contribution is 5.65. The molecule has 1 aromatic rings. The zero-order valence-corrected chi connectivity index (χ0v) is 11.2. The molecule has 1 aromatic heterocycles. The summed E-state index contributed by atoms with van der Waals surface area (Å²) < 4.78 is 1.88. The van der Waals surface area contributed by atoms with Crippen LogP contribution in [0.5, 0.6) is 0 Å². The Labute approximate surface area is 104 Å². The standard InChI is InChI=1S/C13H24N4/c1-4-10-12(14)13(17(3)16-10)15-11-8-6-5-7-9(11)2/h9,11,15H,4-8,14H2,1-3H3. The number of nitrogen functional groups attached to an aromatic ring is 1. The quantitative estimate of drug-likeness (QED) is 0.848. The molecule has 0 radical (unpaired) electrons. The Kier molecular flexibility index (Phi) is 3.60. The fourth-order valence-electron chi connectivity index (χ4n) is 2.73. The van der Waals surface area contributed by atoms with Crippen LogP contribution >= 0.6 is 0 Å². The molecule has 2 unspecified atom stereocenters. The second-order valence-electron chi connectivity index (χ2n) is 5.20. The minimum atomic E-state index is 0.547. The summed E-state index contributed by atoms with van der Waals surface area (Å²) in [4.78, 5) is 0. The third-order valence-corrected chi connectivity index (χ3v) is 3.93. The Morgan fingerprint density at radius 1 is 1.41 bits per heavy atom. The van der Waals surface area contributed by atoms with Crippen molar-refractivity contribution in [3.8, 4) is 0 Å². The lowest BCUT2D eigenvalue weighted by atomic mass is 9.86. The van der Waals surface area contributed by atoms with Gasteiger partial charge < -0.3 is 11.1 Å². The number of aromatic nitrogens is 2. The van der Waals surface area contributed by atoms with Gasteiger partial charge in [0, 0.05) is 13.1 Å². The van der Waals surface area contributed by atoms with E-state index in [0.29, 0.717) is 6.04 Å². The van der Waals surface area contributed by atoms with Gasteiger partial charge in [-0.1, -0.05) is 26.7 Å². The first kappa shape index (κ1) is 12.3. The van der Waals surface area contributed by atoms with Crippen LogP contribution in [0.15, 0.2) is 0 Å². The SMILES string of the molecule is CCc1nn(C)c(NC2CCCCC2C)c1N. The van der Waals surface area contributed by atoms with Crippen LogP contribution in [0.4, 0.5) is 11.5 Å². The topological polar surface area (TPSA) is 55.9 Å². The molecule has 1 aliphatic carbocycles. The first-order valence-corrected chi connectivity index (χ1v) is 6.71. The smallest absolute Gasteiger partial charge is 0.148 e. The lowest BCUT2D eigenvalue weighted by Gasteiger charge is -2.30. The Bertz CT molecular complexity index is 383. The van der Waals surface area contributed by atoms with Gasteiger partial charge in [0.05, 0.1) is 11.4 Å². The summed E-state index contributed by atoms with van der Waals surface area (Å²) in [5, 5.41) is 8.05. The molecule has 4 nitrogen and oxygen atoms in total. The number of hydrogen-bond acceptors (Lipinski definition) is 3. The molecule has 1 aliphatic rings. The number of nitrogens with zero attached hydrogens (tertiary/aromatic N) is 2. The van der Waals surface area contributed by atoms with Crippen molar-refractivity contribution in [2.75, 3.05) is 11.1 Å². The van der Waals surface area contributed by atoms with Gasteiger partial charge >= 0.3 is 0 Å². The van der Waals surface area contributed by atoms with E-state index < -0.39 is 0 Å². The van der Waals surface area contributed by atoms with Crippen molar-refractivity contribution in [3.63, 3.8) is 0 Å². The molecule has 1 heterocycles. The zero-order chi connectivity index (χ0) is 12.4. The van der Waals surface area contributed by atoms with E-state index >= 15 is 0 Å². The van der Waals surface area contributed by atoms with Crippen LogP contribution in [0.2, 0.25) is 0 Å². The lowest BCUT2D eigenvalue weighted by molar-refractivity contribution is 0.348. The second kappa shape index (κ2) is 4.98. The normalized spacial score (nSPS) is 24.9. The van der Waals surface area contributed by atoms with Crippen LogP contribution in [0.25, 0.3) is 0 Å². The Morgan fingerprint density at radius 3 is 2.71 bits per heavy atom. The maximum Gasteiger partial charge on any atom is 0.148 e. The predicted molar refractivity (Wildman–Crippen MR) is 72.0 cm³/mol. The third-order valence-electron chi connectivity index (χ3n) is 3.93. The first-order chi connectivity index (χ1) is 8.13. The van der Waals surface area contributed by atoms with E-state index in [4.69, 9.17) is 5.73 Å².